The lowest BCUT2D eigenvalue weighted by molar-refractivity contribution is -0.119. The smallest absolute Gasteiger partial charge is 0.235 e. The molecule has 1 aromatic heterocycles. The maximum atomic E-state index is 11.3. The lowest BCUT2D eigenvalue weighted by Crippen LogP contribution is -2.27. The van der Waals surface area contributed by atoms with Gasteiger partial charge in [0, 0.05) is 15.5 Å². The summed E-state index contributed by atoms with van der Waals surface area (Å²) >= 11 is 13.0. The number of halogens is 2. The number of benzene rings is 1. The van der Waals surface area contributed by atoms with E-state index < -0.39 is 0 Å². The molecule has 0 saturated heterocycles. The van der Waals surface area contributed by atoms with Crippen molar-refractivity contribution >= 4 is 40.4 Å². The molecule has 1 aromatic carbocycles. The average Bonchev–Trinajstić information content (AvgIpc) is 2.81. The van der Waals surface area contributed by atoms with Gasteiger partial charge < -0.3 is 5.32 Å². The fourth-order valence-electron chi connectivity index (χ4n) is 1.82. The number of carbonyl (C=O) groups is 1. The molecule has 3 nitrogen and oxygen atoms in total. The zero-order valence-corrected chi connectivity index (χ0v) is 13.4. The first-order valence-corrected chi connectivity index (χ1v) is 7.82. The Morgan fingerprint density at radius 1 is 1.40 bits per heavy atom. The predicted molar refractivity (Wildman–Crippen MR) is 84.6 cm³/mol. The van der Waals surface area contributed by atoms with E-state index in [1.807, 2.05) is 38.1 Å². The van der Waals surface area contributed by atoms with Crippen LogP contribution in [0.25, 0.3) is 11.3 Å². The molecule has 0 radical (unpaired) electrons. The van der Waals surface area contributed by atoms with Crippen molar-refractivity contribution < 1.29 is 4.79 Å². The van der Waals surface area contributed by atoms with Gasteiger partial charge in [-0.1, -0.05) is 23.7 Å². The molecule has 1 atom stereocenters. The molecule has 1 unspecified atom stereocenters. The molecule has 1 amide bonds. The standard InChI is InChI=1S/C14H14Cl2N2OS/c1-8(17-12(19)7-15)14-18-13(9(2)20-14)10-3-5-11(16)6-4-10/h3-6,8H,7H2,1-2H3,(H,17,19). The molecule has 20 heavy (non-hydrogen) atoms. The third kappa shape index (κ3) is 3.51. The fourth-order valence-corrected chi connectivity index (χ4v) is 2.97. The summed E-state index contributed by atoms with van der Waals surface area (Å²) in [6.45, 7) is 3.91. The van der Waals surface area contributed by atoms with Crippen molar-refractivity contribution in [3.63, 3.8) is 0 Å². The summed E-state index contributed by atoms with van der Waals surface area (Å²) in [4.78, 5) is 17.0. The van der Waals surface area contributed by atoms with Crippen molar-refractivity contribution in [1.82, 2.24) is 10.3 Å². The van der Waals surface area contributed by atoms with E-state index in [-0.39, 0.29) is 17.8 Å². The van der Waals surface area contributed by atoms with Gasteiger partial charge in [-0.3, -0.25) is 4.79 Å². The molecule has 0 bridgehead atoms. The van der Waals surface area contributed by atoms with E-state index in [1.165, 1.54) is 0 Å². The number of carbonyl (C=O) groups excluding carboxylic acids is 1. The van der Waals surface area contributed by atoms with Crippen molar-refractivity contribution in [2.24, 2.45) is 0 Å². The lowest BCUT2D eigenvalue weighted by Gasteiger charge is -2.09. The van der Waals surface area contributed by atoms with Gasteiger partial charge in [-0.05, 0) is 26.0 Å². The predicted octanol–water partition coefficient (Wildman–Crippen LogP) is 4.19. The monoisotopic (exact) mass is 328 g/mol. The van der Waals surface area contributed by atoms with Crippen molar-refractivity contribution in [3.05, 3.63) is 39.2 Å². The number of hydrogen-bond acceptors (Lipinski definition) is 3. The first-order chi connectivity index (χ1) is 9.51. The number of nitrogens with one attached hydrogen (secondary N) is 1. The van der Waals surface area contributed by atoms with E-state index in [0.29, 0.717) is 5.02 Å². The van der Waals surface area contributed by atoms with Crippen LogP contribution in [0.3, 0.4) is 0 Å². The van der Waals surface area contributed by atoms with Crippen LogP contribution in [-0.2, 0) is 4.79 Å². The second kappa shape index (κ2) is 6.57. The summed E-state index contributed by atoms with van der Waals surface area (Å²) in [5.41, 5.74) is 1.94. The number of aryl methyl sites for hydroxylation is 1. The van der Waals surface area contributed by atoms with Gasteiger partial charge >= 0.3 is 0 Å². The molecule has 0 aliphatic rings. The molecule has 2 aromatic rings. The lowest BCUT2D eigenvalue weighted by atomic mass is 10.1. The highest BCUT2D eigenvalue weighted by atomic mass is 35.5. The quantitative estimate of drug-likeness (QED) is 0.855. The Balaban J connectivity index is 2.25. The summed E-state index contributed by atoms with van der Waals surface area (Å²) < 4.78 is 0. The molecular weight excluding hydrogens is 315 g/mol. The SMILES string of the molecule is Cc1sc(C(C)NC(=O)CCl)nc1-c1ccc(Cl)cc1. The Bertz CT molecular complexity index is 610. The number of nitrogens with zero attached hydrogens (tertiary/aromatic N) is 1. The highest BCUT2D eigenvalue weighted by Crippen LogP contribution is 2.31. The molecule has 0 spiro atoms. The van der Waals surface area contributed by atoms with E-state index in [9.17, 15) is 4.79 Å². The number of amides is 1. The maximum absolute atomic E-state index is 11.3. The summed E-state index contributed by atoms with van der Waals surface area (Å²) in [7, 11) is 0. The third-order valence-electron chi connectivity index (χ3n) is 2.80. The number of aromatic nitrogens is 1. The molecule has 6 heteroatoms. The maximum Gasteiger partial charge on any atom is 0.235 e. The van der Waals surface area contributed by atoms with Crippen LogP contribution in [0.1, 0.15) is 22.9 Å². The molecule has 106 valence electrons. The molecular formula is C14H14Cl2N2OS. The van der Waals surface area contributed by atoms with Crippen molar-refractivity contribution in [2.45, 2.75) is 19.9 Å². The first-order valence-electron chi connectivity index (χ1n) is 6.10. The zero-order chi connectivity index (χ0) is 14.7. The van der Waals surface area contributed by atoms with Gasteiger partial charge in [-0.2, -0.15) is 0 Å². The second-order valence-corrected chi connectivity index (χ2v) is 6.33. The van der Waals surface area contributed by atoms with Gasteiger partial charge in [0.15, 0.2) is 0 Å². The van der Waals surface area contributed by atoms with Crippen LogP contribution >= 0.6 is 34.5 Å². The average molecular weight is 329 g/mol. The van der Waals surface area contributed by atoms with E-state index in [2.05, 4.69) is 10.3 Å². The van der Waals surface area contributed by atoms with Crippen LogP contribution in [0.4, 0.5) is 0 Å². The number of hydrogen-bond donors (Lipinski definition) is 1. The normalized spacial score (nSPS) is 12.2. The van der Waals surface area contributed by atoms with Crippen molar-refractivity contribution in [1.29, 1.82) is 0 Å². The van der Waals surface area contributed by atoms with Crippen LogP contribution in [-0.4, -0.2) is 16.8 Å². The summed E-state index contributed by atoms with van der Waals surface area (Å²) in [5.74, 6) is -0.237. The number of thiazole rings is 1. The minimum Gasteiger partial charge on any atom is -0.346 e. The van der Waals surface area contributed by atoms with Gasteiger partial charge in [0.1, 0.15) is 10.9 Å². The van der Waals surface area contributed by atoms with E-state index in [1.54, 1.807) is 11.3 Å². The molecule has 0 aliphatic carbocycles. The highest BCUT2D eigenvalue weighted by Gasteiger charge is 2.16. The van der Waals surface area contributed by atoms with Crippen LogP contribution in [0.2, 0.25) is 5.02 Å². The summed E-state index contributed by atoms with van der Waals surface area (Å²) in [5, 5.41) is 4.37. The largest absolute Gasteiger partial charge is 0.346 e. The van der Waals surface area contributed by atoms with Crippen LogP contribution in [0.15, 0.2) is 24.3 Å². The van der Waals surface area contributed by atoms with Crippen LogP contribution in [0, 0.1) is 6.92 Å². The molecule has 0 aliphatic heterocycles. The minimum absolute atomic E-state index is 0.0429. The Kier molecular flexibility index (Phi) is 5.02. The Morgan fingerprint density at radius 3 is 2.65 bits per heavy atom. The van der Waals surface area contributed by atoms with Gasteiger partial charge in [0.25, 0.3) is 0 Å². The van der Waals surface area contributed by atoms with Crippen molar-refractivity contribution in [2.75, 3.05) is 5.88 Å². The molecule has 0 fully saturated rings. The molecule has 0 saturated carbocycles. The van der Waals surface area contributed by atoms with E-state index >= 15 is 0 Å². The van der Waals surface area contributed by atoms with Crippen molar-refractivity contribution in [3.8, 4) is 11.3 Å². The second-order valence-electron chi connectivity index (χ2n) is 4.39. The Labute approximate surface area is 131 Å². The van der Waals surface area contributed by atoms with Crippen LogP contribution < -0.4 is 5.32 Å². The van der Waals surface area contributed by atoms with Gasteiger partial charge in [0.05, 0.1) is 11.7 Å². The molecule has 1 N–H and O–H groups in total. The topological polar surface area (TPSA) is 42.0 Å². The summed E-state index contributed by atoms with van der Waals surface area (Å²) in [6, 6.07) is 7.42. The Morgan fingerprint density at radius 2 is 2.05 bits per heavy atom. The fraction of sp³-hybridized carbons (Fsp3) is 0.286. The third-order valence-corrected chi connectivity index (χ3v) is 4.45. The first kappa shape index (κ1) is 15.3. The molecule has 1 heterocycles. The van der Waals surface area contributed by atoms with E-state index in [4.69, 9.17) is 23.2 Å². The van der Waals surface area contributed by atoms with E-state index in [0.717, 1.165) is 21.1 Å². The molecule has 2 rings (SSSR count). The summed E-state index contributed by atoms with van der Waals surface area (Å²) in [6.07, 6.45) is 0. The highest BCUT2D eigenvalue weighted by molar-refractivity contribution is 7.12. The number of rotatable bonds is 4. The van der Waals surface area contributed by atoms with Gasteiger partial charge in [-0.15, -0.1) is 22.9 Å². The Hall–Kier alpha value is -1.10. The minimum atomic E-state index is -0.194. The van der Waals surface area contributed by atoms with Gasteiger partial charge in [-0.25, -0.2) is 4.98 Å². The van der Waals surface area contributed by atoms with Gasteiger partial charge in [0.2, 0.25) is 5.91 Å². The van der Waals surface area contributed by atoms with Crippen LogP contribution in [0.5, 0.6) is 0 Å². The zero-order valence-electron chi connectivity index (χ0n) is 11.1. The number of alkyl halides is 1.